The first-order valence-corrected chi connectivity index (χ1v) is 13.5. The van der Waals surface area contributed by atoms with Crippen molar-refractivity contribution in [2.24, 2.45) is 5.41 Å². The Morgan fingerprint density at radius 1 is 1.18 bits per heavy atom. The molecule has 1 unspecified atom stereocenters. The van der Waals surface area contributed by atoms with Crippen LogP contribution in [0.15, 0.2) is 41.4 Å². The van der Waals surface area contributed by atoms with Gasteiger partial charge in [-0.1, -0.05) is 0 Å². The molecule has 0 bridgehead atoms. The Labute approximate surface area is 223 Å². The van der Waals surface area contributed by atoms with E-state index in [1.54, 1.807) is 13.3 Å². The molecule has 10 heteroatoms. The number of aromatic nitrogens is 1. The lowest BCUT2D eigenvalue weighted by Gasteiger charge is -2.39. The van der Waals surface area contributed by atoms with Gasteiger partial charge in [0.1, 0.15) is 5.75 Å². The van der Waals surface area contributed by atoms with Crippen LogP contribution in [0, 0.1) is 29.8 Å². The second kappa shape index (κ2) is 11.9. The van der Waals surface area contributed by atoms with E-state index in [2.05, 4.69) is 9.88 Å². The molecule has 1 fully saturated rings. The maximum absolute atomic E-state index is 13.4. The number of halogens is 3. The van der Waals surface area contributed by atoms with E-state index in [4.69, 9.17) is 4.74 Å². The molecule has 4 rings (SSSR count). The lowest BCUT2D eigenvalue weighted by molar-refractivity contribution is -0.153. The number of aliphatic hydroxyl groups excluding tert-OH is 1. The van der Waals surface area contributed by atoms with Crippen molar-refractivity contribution in [3.05, 3.63) is 65.1 Å². The van der Waals surface area contributed by atoms with Gasteiger partial charge in [-0.2, -0.15) is 0 Å². The largest absolute Gasteiger partial charge is 0.497 e. The molecular weight excluding hydrogens is 517 g/mol. The number of thioether (sulfide) groups is 1. The zero-order valence-electron chi connectivity index (χ0n) is 21.3. The van der Waals surface area contributed by atoms with Crippen molar-refractivity contribution < 1.29 is 32.9 Å². The lowest BCUT2D eigenvalue weighted by Crippen LogP contribution is -2.45. The first-order chi connectivity index (χ1) is 18.1. The van der Waals surface area contributed by atoms with Crippen LogP contribution in [0.2, 0.25) is 0 Å². The minimum Gasteiger partial charge on any atom is -0.497 e. The molecule has 0 amide bonds. The normalized spacial score (nSPS) is 16.5. The Bertz CT molecular complexity index is 1290. The number of rotatable bonds is 10. The molecule has 1 saturated heterocycles. The molecule has 1 aliphatic heterocycles. The predicted molar refractivity (Wildman–Crippen MR) is 140 cm³/mol. The van der Waals surface area contributed by atoms with Crippen molar-refractivity contribution in [2.45, 2.75) is 43.6 Å². The van der Waals surface area contributed by atoms with Crippen LogP contribution < -0.4 is 4.74 Å². The van der Waals surface area contributed by atoms with Gasteiger partial charge in [0, 0.05) is 28.8 Å². The molecule has 38 heavy (non-hydrogen) atoms. The Morgan fingerprint density at radius 2 is 1.87 bits per heavy atom. The van der Waals surface area contributed by atoms with Crippen molar-refractivity contribution in [1.29, 1.82) is 0 Å². The summed E-state index contributed by atoms with van der Waals surface area (Å²) in [6.07, 6.45) is 2.35. The van der Waals surface area contributed by atoms with Crippen LogP contribution >= 0.6 is 11.8 Å². The SMILES string of the molecule is COc1ccc2ncc(C)c(C(O)CCC3(C(=O)O)CCN(CCSc4cc(F)c(F)c(F)c4)CC3)c2c1. The number of aliphatic hydroxyl groups is 1. The highest BCUT2D eigenvalue weighted by Crippen LogP contribution is 2.40. The quantitative estimate of drug-likeness (QED) is 0.247. The summed E-state index contributed by atoms with van der Waals surface area (Å²) in [5.74, 6) is -3.59. The summed E-state index contributed by atoms with van der Waals surface area (Å²) >= 11 is 1.22. The Hall–Kier alpha value is -2.82. The van der Waals surface area contributed by atoms with Gasteiger partial charge in [-0.25, -0.2) is 13.2 Å². The second-order valence-electron chi connectivity index (χ2n) is 9.77. The van der Waals surface area contributed by atoms with E-state index in [0.717, 1.165) is 34.2 Å². The summed E-state index contributed by atoms with van der Waals surface area (Å²) < 4.78 is 45.4. The molecule has 0 radical (unpaired) electrons. The fourth-order valence-electron chi connectivity index (χ4n) is 5.10. The highest BCUT2D eigenvalue weighted by atomic mass is 32.2. The number of piperidine rings is 1. The number of benzene rings is 2. The van der Waals surface area contributed by atoms with E-state index >= 15 is 0 Å². The topological polar surface area (TPSA) is 82.9 Å². The number of carbonyl (C=O) groups is 1. The Balaban J connectivity index is 1.36. The molecule has 2 heterocycles. The molecule has 2 N–H and O–H groups in total. The number of hydrogen-bond acceptors (Lipinski definition) is 6. The van der Waals surface area contributed by atoms with Crippen LogP contribution in [0.25, 0.3) is 10.9 Å². The van der Waals surface area contributed by atoms with Gasteiger partial charge in [0.05, 0.1) is 24.1 Å². The van der Waals surface area contributed by atoms with Gasteiger partial charge in [0.25, 0.3) is 0 Å². The van der Waals surface area contributed by atoms with Gasteiger partial charge in [-0.15, -0.1) is 11.8 Å². The van der Waals surface area contributed by atoms with Crippen LogP contribution in [0.4, 0.5) is 13.2 Å². The molecule has 0 saturated carbocycles. The van der Waals surface area contributed by atoms with Crippen LogP contribution in [-0.4, -0.2) is 58.6 Å². The average molecular weight is 549 g/mol. The van der Waals surface area contributed by atoms with Crippen LogP contribution in [0.5, 0.6) is 5.75 Å². The summed E-state index contributed by atoms with van der Waals surface area (Å²) in [5.41, 5.74) is 1.35. The average Bonchev–Trinajstić information content (AvgIpc) is 2.90. The number of fused-ring (bicyclic) bond motifs is 1. The van der Waals surface area contributed by atoms with Crippen molar-refractivity contribution in [3.63, 3.8) is 0 Å². The molecule has 6 nitrogen and oxygen atoms in total. The number of ether oxygens (including phenoxy) is 1. The fourth-order valence-corrected chi connectivity index (χ4v) is 6.06. The van der Waals surface area contributed by atoms with E-state index in [1.807, 2.05) is 25.1 Å². The molecule has 0 aliphatic carbocycles. The first-order valence-electron chi connectivity index (χ1n) is 12.5. The molecule has 0 spiro atoms. The number of nitrogens with zero attached hydrogens (tertiary/aromatic N) is 2. The first kappa shape index (κ1) is 28.2. The number of methoxy groups -OCH3 is 1. The van der Waals surface area contributed by atoms with Gasteiger partial charge in [-0.05, 0) is 87.2 Å². The van der Waals surface area contributed by atoms with Gasteiger partial charge in [0.15, 0.2) is 17.5 Å². The van der Waals surface area contributed by atoms with Gasteiger partial charge >= 0.3 is 5.97 Å². The van der Waals surface area contributed by atoms with E-state index in [1.165, 1.54) is 11.8 Å². The molecule has 1 aliphatic rings. The molecular formula is C28H31F3N2O4S. The molecule has 1 atom stereocenters. The minimum atomic E-state index is -1.48. The summed E-state index contributed by atoms with van der Waals surface area (Å²) in [7, 11) is 1.57. The fraction of sp³-hybridized carbons (Fsp3) is 0.429. The number of carboxylic acids is 1. The number of aryl methyl sites for hydroxylation is 1. The lowest BCUT2D eigenvalue weighted by atomic mass is 9.74. The van der Waals surface area contributed by atoms with Crippen molar-refractivity contribution in [2.75, 3.05) is 32.5 Å². The highest BCUT2D eigenvalue weighted by molar-refractivity contribution is 7.99. The van der Waals surface area contributed by atoms with Gasteiger partial charge < -0.3 is 19.8 Å². The van der Waals surface area contributed by atoms with E-state index < -0.39 is 34.9 Å². The summed E-state index contributed by atoms with van der Waals surface area (Å²) in [4.78, 5) is 19.2. The summed E-state index contributed by atoms with van der Waals surface area (Å²) in [6.45, 7) is 3.60. The monoisotopic (exact) mass is 548 g/mol. The molecule has 3 aromatic rings. The zero-order valence-corrected chi connectivity index (χ0v) is 22.2. The number of hydrogen-bond donors (Lipinski definition) is 2. The second-order valence-corrected chi connectivity index (χ2v) is 10.9. The third-order valence-corrected chi connectivity index (χ3v) is 8.40. The molecule has 204 valence electrons. The number of aliphatic carboxylic acids is 1. The smallest absolute Gasteiger partial charge is 0.309 e. The zero-order chi connectivity index (χ0) is 27.4. The highest BCUT2D eigenvalue weighted by Gasteiger charge is 2.41. The predicted octanol–water partition coefficient (Wildman–Crippen LogP) is 5.74. The van der Waals surface area contributed by atoms with Crippen LogP contribution in [-0.2, 0) is 4.79 Å². The van der Waals surface area contributed by atoms with Crippen molar-refractivity contribution in [3.8, 4) is 5.75 Å². The standard InChI is InChI=1S/C28H31F3N2O4S/c1-17-16-32-23-4-3-18(37-2)13-20(23)25(17)24(34)5-6-28(27(35)36)7-9-33(10-8-28)11-12-38-19-14-21(29)26(31)22(30)15-19/h3-4,13-16,24,34H,5-12H2,1-2H3,(H,35,36). The molecule has 1 aromatic heterocycles. The van der Waals surface area contributed by atoms with E-state index in [9.17, 15) is 28.2 Å². The van der Waals surface area contributed by atoms with E-state index in [0.29, 0.717) is 61.7 Å². The third kappa shape index (κ3) is 6.08. The summed E-state index contributed by atoms with van der Waals surface area (Å²) in [6, 6.07) is 7.43. The van der Waals surface area contributed by atoms with Gasteiger partial charge in [0.2, 0.25) is 0 Å². The Kier molecular flexibility index (Phi) is 8.85. The minimum absolute atomic E-state index is 0.293. The van der Waals surface area contributed by atoms with Gasteiger partial charge in [-0.3, -0.25) is 9.78 Å². The maximum atomic E-state index is 13.4. The van der Waals surface area contributed by atoms with Crippen LogP contribution in [0.1, 0.15) is 42.9 Å². The number of carboxylic acid groups (broad SMARTS) is 1. The number of likely N-dealkylation sites (tertiary alicyclic amines) is 1. The third-order valence-electron chi connectivity index (χ3n) is 7.45. The summed E-state index contributed by atoms with van der Waals surface area (Å²) in [5, 5.41) is 22.1. The van der Waals surface area contributed by atoms with Crippen molar-refractivity contribution >= 4 is 28.6 Å². The van der Waals surface area contributed by atoms with Crippen LogP contribution in [0.3, 0.4) is 0 Å². The Morgan fingerprint density at radius 3 is 2.50 bits per heavy atom. The number of pyridine rings is 1. The molecule has 2 aromatic carbocycles. The maximum Gasteiger partial charge on any atom is 0.309 e. The van der Waals surface area contributed by atoms with Crippen molar-refractivity contribution in [1.82, 2.24) is 9.88 Å². The van der Waals surface area contributed by atoms with E-state index in [-0.39, 0.29) is 0 Å².